The van der Waals surface area contributed by atoms with Crippen LogP contribution >= 0.6 is 0 Å². The van der Waals surface area contributed by atoms with E-state index in [0.29, 0.717) is 29.7 Å². The van der Waals surface area contributed by atoms with Crippen molar-refractivity contribution in [2.45, 2.75) is 73.1 Å². The van der Waals surface area contributed by atoms with Crippen LogP contribution in [0.1, 0.15) is 54.9 Å². The molecule has 0 radical (unpaired) electrons. The molecule has 0 spiro atoms. The Morgan fingerprint density at radius 3 is 2.06 bits per heavy atom. The molecule has 1 heterocycles. The third-order valence-electron chi connectivity index (χ3n) is 3.97. The summed E-state index contributed by atoms with van der Waals surface area (Å²) in [4.78, 5) is 14.7. The highest BCUT2D eigenvalue weighted by Crippen LogP contribution is 2.26. The third kappa shape index (κ3) is 3.25. The highest BCUT2D eigenvalue weighted by atomic mass is 16.2. The van der Waals surface area contributed by atoms with Crippen LogP contribution in [0.15, 0.2) is 0 Å². The third-order valence-corrected chi connectivity index (χ3v) is 3.97. The summed E-state index contributed by atoms with van der Waals surface area (Å²) in [6, 6.07) is 0.313. The Labute approximate surface area is 112 Å². The Kier molecular flexibility index (Phi) is 5.20. The molecule has 3 heteroatoms. The molecule has 0 aromatic heterocycles. The van der Waals surface area contributed by atoms with Gasteiger partial charge in [0.2, 0.25) is 5.91 Å². The van der Waals surface area contributed by atoms with Gasteiger partial charge in [-0.3, -0.25) is 10.1 Å². The summed E-state index contributed by atoms with van der Waals surface area (Å²) in [5.74, 6) is 1.79. The maximum Gasteiger partial charge on any atom is 0.241 e. The first-order valence-electron chi connectivity index (χ1n) is 7.33. The Bertz CT molecular complexity index is 286. The minimum absolute atomic E-state index is 0.0126. The summed E-state index contributed by atoms with van der Waals surface area (Å²) in [6.07, 6.45) is 1.13. The van der Waals surface area contributed by atoms with Crippen molar-refractivity contribution >= 4 is 5.91 Å². The zero-order valence-corrected chi connectivity index (χ0v) is 13.0. The van der Waals surface area contributed by atoms with Gasteiger partial charge in [-0.1, -0.05) is 41.5 Å². The Hall–Kier alpha value is -0.570. The van der Waals surface area contributed by atoms with Gasteiger partial charge in [0.05, 0.1) is 12.2 Å². The molecule has 3 unspecified atom stereocenters. The van der Waals surface area contributed by atoms with Crippen molar-refractivity contribution in [2.24, 2.45) is 17.8 Å². The van der Waals surface area contributed by atoms with Gasteiger partial charge in [-0.25, -0.2) is 0 Å². The second-order valence-electron chi connectivity index (χ2n) is 6.77. The second kappa shape index (κ2) is 6.05. The van der Waals surface area contributed by atoms with E-state index in [-0.39, 0.29) is 12.2 Å². The molecular weight excluding hydrogens is 224 g/mol. The Balaban J connectivity index is 2.87. The minimum Gasteiger partial charge on any atom is -0.323 e. The van der Waals surface area contributed by atoms with Gasteiger partial charge >= 0.3 is 0 Å². The lowest BCUT2D eigenvalue weighted by Crippen LogP contribution is -2.48. The van der Waals surface area contributed by atoms with Crippen LogP contribution in [-0.4, -0.2) is 29.1 Å². The zero-order valence-electron chi connectivity index (χ0n) is 13.0. The van der Waals surface area contributed by atoms with E-state index in [0.717, 1.165) is 6.42 Å². The monoisotopic (exact) mass is 254 g/mol. The van der Waals surface area contributed by atoms with Gasteiger partial charge in [-0.2, -0.15) is 0 Å². The summed E-state index contributed by atoms with van der Waals surface area (Å²) in [5, 5.41) is 3.53. The number of carbonyl (C=O) groups is 1. The molecule has 1 amide bonds. The first-order valence-corrected chi connectivity index (χ1v) is 7.33. The molecule has 106 valence electrons. The summed E-state index contributed by atoms with van der Waals surface area (Å²) < 4.78 is 0. The molecule has 3 nitrogen and oxygen atoms in total. The molecule has 0 aromatic carbocycles. The molecule has 1 saturated heterocycles. The SMILES string of the molecule is CC(C)CC1NC(C(C)C)N(C(C)C(C)C)C1=O. The van der Waals surface area contributed by atoms with Crippen LogP contribution in [0.5, 0.6) is 0 Å². The molecular formula is C15H30N2O. The van der Waals surface area contributed by atoms with E-state index in [9.17, 15) is 4.79 Å². The van der Waals surface area contributed by atoms with Crippen LogP contribution < -0.4 is 5.32 Å². The number of nitrogens with one attached hydrogen (secondary N) is 1. The van der Waals surface area contributed by atoms with Crippen molar-refractivity contribution in [1.82, 2.24) is 10.2 Å². The fourth-order valence-corrected chi connectivity index (χ4v) is 2.60. The standard InChI is InChI=1S/C15H30N2O/c1-9(2)8-13-15(18)17(12(7)10(3)4)14(16-13)11(5)6/h9-14,16H,8H2,1-7H3. The lowest BCUT2D eigenvalue weighted by atomic mass is 10.0. The summed E-state index contributed by atoms with van der Waals surface area (Å²) >= 11 is 0. The van der Waals surface area contributed by atoms with Crippen molar-refractivity contribution in [3.8, 4) is 0 Å². The number of amides is 1. The number of nitrogens with zero attached hydrogens (tertiary/aromatic N) is 1. The van der Waals surface area contributed by atoms with E-state index in [1.807, 2.05) is 0 Å². The average molecular weight is 254 g/mol. The first kappa shape index (κ1) is 15.5. The topological polar surface area (TPSA) is 32.3 Å². The molecule has 1 N–H and O–H groups in total. The Morgan fingerprint density at radius 2 is 1.67 bits per heavy atom. The van der Waals surface area contributed by atoms with Crippen molar-refractivity contribution in [3.63, 3.8) is 0 Å². The summed E-state index contributed by atoms with van der Waals surface area (Å²) in [7, 11) is 0. The quantitative estimate of drug-likeness (QED) is 0.818. The van der Waals surface area contributed by atoms with Crippen LogP contribution in [-0.2, 0) is 4.79 Å². The minimum atomic E-state index is 0.0126. The number of hydrogen-bond donors (Lipinski definition) is 1. The molecule has 1 fully saturated rings. The normalized spacial score (nSPS) is 26.8. The second-order valence-corrected chi connectivity index (χ2v) is 6.77. The highest BCUT2D eigenvalue weighted by molar-refractivity contribution is 5.84. The van der Waals surface area contributed by atoms with Gasteiger partial charge in [0.25, 0.3) is 0 Å². The molecule has 0 aliphatic carbocycles. The van der Waals surface area contributed by atoms with E-state index in [1.54, 1.807) is 0 Å². The van der Waals surface area contributed by atoms with E-state index in [1.165, 1.54) is 0 Å². The summed E-state index contributed by atoms with van der Waals surface area (Å²) in [6.45, 7) is 15.3. The van der Waals surface area contributed by atoms with Crippen molar-refractivity contribution in [2.75, 3.05) is 0 Å². The average Bonchev–Trinajstić information content (AvgIpc) is 2.54. The fourth-order valence-electron chi connectivity index (χ4n) is 2.60. The van der Waals surface area contributed by atoms with E-state index in [2.05, 4.69) is 58.7 Å². The fraction of sp³-hybridized carbons (Fsp3) is 0.933. The molecule has 1 aliphatic heterocycles. The maximum atomic E-state index is 12.6. The predicted molar refractivity (Wildman–Crippen MR) is 76.2 cm³/mol. The van der Waals surface area contributed by atoms with Crippen molar-refractivity contribution in [1.29, 1.82) is 0 Å². The van der Waals surface area contributed by atoms with Crippen molar-refractivity contribution in [3.05, 3.63) is 0 Å². The van der Waals surface area contributed by atoms with Crippen LogP contribution in [0.3, 0.4) is 0 Å². The van der Waals surface area contributed by atoms with Crippen molar-refractivity contribution < 1.29 is 4.79 Å². The van der Waals surface area contributed by atoms with Crippen LogP contribution in [0.4, 0.5) is 0 Å². The lowest BCUT2D eigenvalue weighted by molar-refractivity contribution is -0.133. The van der Waals surface area contributed by atoms with E-state index >= 15 is 0 Å². The molecule has 3 atom stereocenters. The van der Waals surface area contributed by atoms with Crippen LogP contribution in [0.25, 0.3) is 0 Å². The van der Waals surface area contributed by atoms with Gasteiger partial charge in [0.1, 0.15) is 0 Å². The molecule has 18 heavy (non-hydrogen) atoms. The predicted octanol–water partition coefficient (Wildman–Crippen LogP) is 2.86. The van der Waals surface area contributed by atoms with Gasteiger partial charge in [0, 0.05) is 6.04 Å². The molecule has 1 rings (SSSR count). The van der Waals surface area contributed by atoms with E-state index in [4.69, 9.17) is 0 Å². The molecule has 0 saturated carbocycles. The van der Waals surface area contributed by atoms with Gasteiger partial charge in [-0.05, 0) is 31.1 Å². The smallest absolute Gasteiger partial charge is 0.241 e. The lowest BCUT2D eigenvalue weighted by Gasteiger charge is -2.34. The largest absolute Gasteiger partial charge is 0.323 e. The summed E-state index contributed by atoms with van der Waals surface area (Å²) in [5.41, 5.74) is 0. The van der Waals surface area contributed by atoms with E-state index < -0.39 is 0 Å². The Morgan fingerprint density at radius 1 is 1.11 bits per heavy atom. The zero-order chi connectivity index (χ0) is 14.0. The van der Waals surface area contributed by atoms with Gasteiger partial charge in [-0.15, -0.1) is 0 Å². The number of carbonyl (C=O) groups excluding carboxylic acids is 1. The molecule has 1 aliphatic rings. The molecule has 0 aromatic rings. The molecule has 0 bridgehead atoms. The maximum absolute atomic E-state index is 12.6. The van der Waals surface area contributed by atoms with Gasteiger partial charge in [0.15, 0.2) is 0 Å². The first-order chi connectivity index (χ1) is 8.25. The van der Waals surface area contributed by atoms with Crippen LogP contribution in [0, 0.1) is 17.8 Å². The van der Waals surface area contributed by atoms with Gasteiger partial charge < -0.3 is 4.90 Å². The number of rotatable bonds is 5. The highest BCUT2D eigenvalue weighted by Gasteiger charge is 2.42. The number of hydrogen-bond acceptors (Lipinski definition) is 2. The van der Waals surface area contributed by atoms with Crippen LogP contribution in [0.2, 0.25) is 0 Å².